The highest BCUT2D eigenvalue weighted by molar-refractivity contribution is 4.40. The molecule has 6 nitrogen and oxygen atoms in total. The minimum absolute atomic E-state index is 0.264. The Morgan fingerprint density at radius 1 is 0.435 bits per heavy atom. The molecule has 0 radical (unpaired) electrons. The minimum atomic E-state index is 0.264. The topological polar surface area (TPSA) is 55.4 Å². The van der Waals surface area contributed by atoms with E-state index in [0.717, 1.165) is 13.2 Å². The summed E-state index contributed by atoms with van der Waals surface area (Å²) in [5.74, 6) is 1.12. The van der Waals surface area contributed by atoms with Gasteiger partial charge in [0, 0.05) is 13.2 Å². The summed E-state index contributed by atoms with van der Waals surface area (Å²) in [6, 6.07) is 0. The molecule has 0 aromatic carbocycles. The molecule has 0 N–H and O–H groups in total. The molecule has 0 rings (SSSR count). The van der Waals surface area contributed by atoms with Crippen molar-refractivity contribution in [2.75, 3.05) is 72.9 Å². The zero-order valence-corrected chi connectivity index (χ0v) is 15.4. The summed E-state index contributed by atoms with van der Waals surface area (Å²) in [5, 5.41) is 0. The maximum atomic E-state index is 5.40. The van der Waals surface area contributed by atoms with E-state index in [1.165, 1.54) is 0 Å². The van der Waals surface area contributed by atoms with Gasteiger partial charge in [-0.2, -0.15) is 0 Å². The SMILES string of the molecule is CC(C)COCCOCCOCOCCOCCOCC(C)C. The molecule has 0 bridgehead atoms. The molecular formula is C17H36O6. The van der Waals surface area contributed by atoms with Crippen LogP contribution in [0.4, 0.5) is 0 Å². The van der Waals surface area contributed by atoms with Crippen molar-refractivity contribution in [3.63, 3.8) is 0 Å². The lowest BCUT2D eigenvalue weighted by molar-refractivity contribution is -0.0859. The van der Waals surface area contributed by atoms with Crippen molar-refractivity contribution < 1.29 is 28.4 Å². The Balaban J connectivity index is 2.97. The molecule has 0 amide bonds. The van der Waals surface area contributed by atoms with E-state index in [9.17, 15) is 0 Å². The van der Waals surface area contributed by atoms with Crippen molar-refractivity contribution in [1.29, 1.82) is 0 Å². The Hall–Kier alpha value is -0.240. The predicted molar refractivity (Wildman–Crippen MR) is 89.7 cm³/mol. The zero-order valence-electron chi connectivity index (χ0n) is 15.4. The van der Waals surface area contributed by atoms with Crippen LogP contribution < -0.4 is 0 Å². The first kappa shape index (κ1) is 22.8. The van der Waals surface area contributed by atoms with Crippen LogP contribution in [0.5, 0.6) is 0 Å². The Kier molecular flexibility index (Phi) is 17.9. The molecule has 6 heteroatoms. The van der Waals surface area contributed by atoms with Gasteiger partial charge in [-0.1, -0.05) is 27.7 Å². The standard InChI is InChI=1S/C17H36O6/c1-16(2)13-20-9-5-18-7-11-22-15-23-12-8-19-6-10-21-14-17(3)4/h16-17H,5-15H2,1-4H3. The molecule has 0 aliphatic heterocycles. The normalized spacial score (nSPS) is 11.7. The van der Waals surface area contributed by atoms with Gasteiger partial charge in [-0.25, -0.2) is 0 Å². The fourth-order valence-electron chi connectivity index (χ4n) is 1.49. The van der Waals surface area contributed by atoms with Gasteiger partial charge in [0.15, 0.2) is 0 Å². The molecule has 0 aromatic heterocycles. The second-order valence-corrected chi connectivity index (χ2v) is 6.10. The quantitative estimate of drug-likeness (QED) is 0.283. The Bertz CT molecular complexity index is 201. The third-order valence-corrected chi connectivity index (χ3v) is 2.56. The van der Waals surface area contributed by atoms with Crippen LogP contribution >= 0.6 is 0 Å². The maximum absolute atomic E-state index is 5.40. The van der Waals surface area contributed by atoms with Crippen molar-refractivity contribution in [3.8, 4) is 0 Å². The number of ether oxygens (including phenoxy) is 6. The van der Waals surface area contributed by atoms with Crippen LogP contribution in [0.25, 0.3) is 0 Å². The third kappa shape index (κ3) is 21.8. The average molecular weight is 336 g/mol. The molecule has 0 saturated heterocycles. The maximum Gasteiger partial charge on any atom is 0.146 e. The molecule has 0 unspecified atom stereocenters. The van der Waals surface area contributed by atoms with Gasteiger partial charge >= 0.3 is 0 Å². The molecule has 0 fully saturated rings. The minimum Gasteiger partial charge on any atom is -0.379 e. The van der Waals surface area contributed by atoms with E-state index in [0.29, 0.717) is 64.7 Å². The Morgan fingerprint density at radius 3 is 1.09 bits per heavy atom. The molecule has 140 valence electrons. The van der Waals surface area contributed by atoms with E-state index in [1.807, 2.05) is 0 Å². The van der Waals surface area contributed by atoms with Crippen molar-refractivity contribution in [2.24, 2.45) is 11.8 Å². The van der Waals surface area contributed by atoms with Crippen LogP contribution in [-0.4, -0.2) is 72.9 Å². The Morgan fingerprint density at radius 2 is 0.739 bits per heavy atom. The fraction of sp³-hybridized carbons (Fsp3) is 1.00. The highest BCUT2D eigenvalue weighted by atomic mass is 16.7. The fourth-order valence-corrected chi connectivity index (χ4v) is 1.49. The van der Waals surface area contributed by atoms with Gasteiger partial charge in [0.2, 0.25) is 0 Å². The third-order valence-electron chi connectivity index (χ3n) is 2.56. The summed E-state index contributed by atoms with van der Waals surface area (Å²) in [6.45, 7) is 14.9. The highest BCUT2D eigenvalue weighted by Gasteiger charge is 1.96. The lowest BCUT2D eigenvalue weighted by Crippen LogP contribution is -2.14. The first-order chi connectivity index (χ1) is 11.1. The zero-order chi connectivity index (χ0) is 17.2. The summed E-state index contributed by atoms with van der Waals surface area (Å²) < 4.78 is 32.1. The molecule has 0 heterocycles. The first-order valence-corrected chi connectivity index (χ1v) is 8.59. The van der Waals surface area contributed by atoms with Crippen molar-refractivity contribution in [2.45, 2.75) is 27.7 Å². The number of rotatable bonds is 18. The van der Waals surface area contributed by atoms with Gasteiger partial charge in [-0.3, -0.25) is 0 Å². The van der Waals surface area contributed by atoms with Crippen LogP contribution in [0.15, 0.2) is 0 Å². The predicted octanol–water partition coefficient (Wildman–Crippen LogP) is 2.36. The van der Waals surface area contributed by atoms with E-state index >= 15 is 0 Å². The van der Waals surface area contributed by atoms with Crippen LogP contribution in [0, 0.1) is 11.8 Å². The van der Waals surface area contributed by atoms with Gasteiger partial charge in [0.05, 0.1) is 52.9 Å². The van der Waals surface area contributed by atoms with Crippen LogP contribution in [0.1, 0.15) is 27.7 Å². The van der Waals surface area contributed by atoms with Crippen molar-refractivity contribution in [3.05, 3.63) is 0 Å². The van der Waals surface area contributed by atoms with Crippen LogP contribution in [-0.2, 0) is 28.4 Å². The van der Waals surface area contributed by atoms with Crippen molar-refractivity contribution in [1.82, 2.24) is 0 Å². The van der Waals surface area contributed by atoms with Gasteiger partial charge in [0.1, 0.15) is 6.79 Å². The number of hydrogen-bond acceptors (Lipinski definition) is 6. The smallest absolute Gasteiger partial charge is 0.146 e. The summed E-state index contributed by atoms with van der Waals surface area (Å²) in [4.78, 5) is 0. The van der Waals surface area contributed by atoms with Gasteiger partial charge in [-0.05, 0) is 11.8 Å². The van der Waals surface area contributed by atoms with Gasteiger partial charge in [0.25, 0.3) is 0 Å². The largest absolute Gasteiger partial charge is 0.379 e. The van der Waals surface area contributed by atoms with Crippen molar-refractivity contribution >= 4 is 0 Å². The number of hydrogen-bond donors (Lipinski definition) is 0. The molecule has 23 heavy (non-hydrogen) atoms. The van der Waals surface area contributed by atoms with Crippen LogP contribution in [0.3, 0.4) is 0 Å². The lowest BCUT2D eigenvalue weighted by atomic mass is 10.2. The molecular weight excluding hydrogens is 300 g/mol. The molecule has 0 atom stereocenters. The summed E-state index contributed by atoms with van der Waals surface area (Å²) in [7, 11) is 0. The van der Waals surface area contributed by atoms with E-state index < -0.39 is 0 Å². The summed E-state index contributed by atoms with van der Waals surface area (Å²) >= 11 is 0. The van der Waals surface area contributed by atoms with E-state index in [-0.39, 0.29) is 6.79 Å². The average Bonchev–Trinajstić information content (AvgIpc) is 2.49. The van der Waals surface area contributed by atoms with Crippen LogP contribution in [0.2, 0.25) is 0 Å². The molecule has 0 aromatic rings. The Labute approximate surface area is 141 Å². The summed E-state index contributed by atoms with van der Waals surface area (Å²) in [5.41, 5.74) is 0. The van der Waals surface area contributed by atoms with Gasteiger partial charge in [-0.15, -0.1) is 0 Å². The second-order valence-electron chi connectivity index (χ2n) is 6.10. The molecule has 0 aliphatic carbocycles. The van der Waals surface area contributed by atoms with E-state index in [1.54, 1.807) is 0 Å². The molecule has 0 spiro atoms. The second kappa shape index (κ2) is 18.1. The summed E-state index contributed by atoms with van der Waals surface area (Å²) in [6.07, 6.45) is 0. The van der Waals surface area contributed by atoms with E-state index in [4.69, 9.17) is 28.4 Å². The van der Waals surface area contributed by atoms with Gasteiger partial charge < -0.3 is 28.4 Å². The first-order valence-electron chi connectivity index (χ1n) is 8.59. The molecule has 0 aliphatic rings. The van der Waals surface area contributed by atoms with E-state index in [2.05, 4.69) is 27.7 Å². The highest BCUT2D eigenvalue weighted by Crippen LogP contribution is 1.92. The molecule has 0 saturated carbocycles. The lowest BCUT2D eigenvalue weighted by Gasteiger charge is -2.09. The monoisotopic (exact) mass is 336 g/mol.